The second-order valence-electron chi connectivity index (χ2n) is 4.57. The molecule has 19 heavy (non-hydrogen) atoms. The number of hydrogen-bond donors (Lipinski definition) is 0. The number of aldehydes is 1. The molecule has 0 bridgehead atoms. The van der Waals surface area contributed by atoms with Gasteiger partial charge in [0.05, 0.1) is 0 Å². The number of carbonyl (C=O) groups excluding carboxylic acids is 1. The van der Waals surface area contributed by atoms with Crippen LogP contribution in [-0.2, 0) is 9.31 Å². The SMILES string of the molecule is CCCCOB(OCCCC)c1cccc(C=O)c1. The lowest BCUT2D eigenvalue weighted by Crippen LogP contribution is -2.37. The van der Waals surface area contributed by atoms with E-state index in [-0.39, 0.29) is 7.12 Å². The molecule has 0 aliphatic carbocycles. The molecule has 0 amide bonds. The third-order valence-electron chi connectivity index (χ3n) is 2.85. The van der Waals surface area contributed by atoms with Gasteiger partial charge in [0.1, 0.15) is 6.29 Å². The molecule has 0 aliphatic heterocycles. The smallest absolute Gasteiger partial charge is 0.407 e. The number of hydrogen-bond acceptors (Lipinski definition) is 3. The molecule has 104 valence electrons. The van der Waals surface area contributed by atoms with E-state index in [0.29, 0.717) is 18.8 Å². The molecular weight excluding hydrogens is 239 g/mol. The normalized spacial score (nSPS) is 10.4. The van der Waals surface area contributed by atoms with Gasteiger partial charge in [-0.25, -0.2) is 0 Å². The molecule has 1 rings (SSSR count). The Labute approximate surface area is 116 Å². The number of unbranched alkanes of at least 4 members (excludes halogenated alkanes) is 2. The van der Waals surface area contributed by atoms with Crippen molar-refractivity contribution in [2.24, 2.45) is 0 Å². The predicted octanol–water partition coefficient (Wildman–Crippen LogP) is 2.83. The predicted molar refractivity (Wildman–Crippen MR) is 78.9 cm³/mol. The summed E-state index contributed by atoms with van der Waals surface area (Å²) in [6.45, 7) is 5.61. The van der Waals surface area contributed by atoms with Crippen molar-refractivity contribution in [1.29, 1.82) is 0 Å². The Morgan fingerprint density at radius 1 is 1.11 bits per heavy atom. The minimum absolute atomic E-state index is 0.363. The largest absolute Gasteiger partial charge is 0.493 e. The monoisotopic (exact) mass is 262 g/mol. The van der Waals surface area contributed by atoms with E-state index in [1.165, 1.54) is 0 Å². The van der Waals surface area contributed by atoms with Crippen LogP contribution in [0.4, 0.5) is 0 Å². The van der Waals surface area contributed by atoms with Gasteiger partial charge in [0, 0.05) is 18.8 Å². The Bertz CT molecular complexity index is 358. The highest BCUT2D eigenvalue weighted by Gasteiger charge is 2.21. The van der Waals surface area contributed by atoms with E-state index in [0.717, 1.165) is 37.4 Å². The van der Waals surface area contributed by atoms with E-state index in [1.54, 1.807) is 6.07 Å². The summed E-state index contributed by atoms with van der Waals surface area (Å²) in [5, 5.41) is 0. The Hall–Kier alpha value is -1.13. The first-order valence-corrected chi connectivity index (χ1v) is 7.10. The Kier molecular flexibility index (Phi) is 8.18. The van der Waals surface area contributed by atoms with Gasteiger partial charge in [-0.3, -0.25) is 4.79 Å². The van der Waals surface area contributed by atoms with Crippen LogP contribution in [0.1, 0.15) is 49.9 Å². The van der Waals surface area contributed by atoms with Crippen LogP contribution in [-0.4, -0.2) is 26.6 Å². The van der Waals surface area contributed by atoms with Gasteiger partial charge in [-0.2, -0.15) is 0 Å². The third kappa shape index (κ3) is 6.03. The zero-order chi connectivity index (χ0) is 13.9. The van der Waals surface area contributed by atoms with Crippen molar-refractivity contribution in [1.82, 2.24) is 0 Å². The molecular formula is C15H23BO3. The third-order valence-corrected chi connectivity index (χ3v) is 2.85. The molecule has 0 heterocycles. The fourth-order valence-electron chi connectivity index (χ4n) is 1.69. The molecule has 0 spiro atoms. The number of carbonyl (C=O) groups is 1. The van der Waals surface area contributed by atoms with Crippen molar-refractivity contribution >= 4 is 18.9 Å². The average Bonchev–Trinajstić information content (AvgIpc) is 2.46. The summed E-state index contributed by atoms with van der Waals surface area (Å²) in [5.74, 6) is 0. The van der Waals surface area contributed by atoms with Crippen molar-refractivity contribution in [2.75, 3.05) is 13.2 Å². The van der Waals surface area contributed by atoms with Crippen LogP contribution in [0.15, 0.2) is 24.3 Å². The van der Waals surface area contributed by atoms with Crippen LogP contribution in [0.2, 0.25) is 0 Å². The molecule has 0 atom stereocenters. The molecule has 0 saturated heterocycles. The minimum Gasteiger partial charge on any atom is -0.407 e. The molecule has 0 aliphatic rings. The molecule has 0 aromatic heterocycles. The quantitative estimate of drug-likeness (QED) is 0.369. The zero-order valence-electron chi connectivity index (χ0n) is 11.9. The zero-order valence-corrected chi connectivity index (χ0v) is 11.9. The maximum atomic E-state index is 10.8. The topological polar surface area (TPSA) is 35.5 Å². The fourth-order valence-corrected chi connectivity index (χ4v) is 1.69. The lowest BCUT2D eigenvalue weighted by molar-refractivity contribution is 0.112. The molecule has 1 aromatic rings. The van der Waals surface area contributed by atoms with Crippen LogP contribution in [0.25, 0.3) is 0 Å². The van der Waals surface area contributed by atoms with Gasteiger partial charge >= 0.3 is 7.12 Å². The molecule has 0 saturated carbocycles. The first kappa shape index (κ1) is 15.9. The number of benzene rings is 1. The van der Waals surface area contributed by atoms with E-state index in [4.69, 9.17) is 9.31 Å². The summed E-state index contributed by atoms with van der Waals surface area (Å²) in [7, 11) is -0.363. The Morgan fingerprint density at radius 3 is 2.26 bits per heavy atom. The van der Waals surface area contributed by atoms with E-state index >= 15 is 0 Å². The van der Waals surface area contributed by atoms with Crippen molar-refractivity contribution in [3.05, 3.63) is 29.8 Å². The van der Waals surface area contributed by atoms with Gasteiger partial charge < -0.3 is 9.31 Å². The van der Waals surface area contributed by atoms with Gasteiger partial charge in [0.25, 0.3) is 0 Å². The average molecular weight is 262 g/mol. The molecule has 0 radical (unpaired) electrons. The highest BCUT2D eigenvalue weighted by molar-refractivity contribution is 6.61. The van der Waals surface area contributed by atoms with E-state index < -0.39 is 0 Å². The summed E-state index contributed by atoms with van der Waals surface area (Å²) < 4.78 is 11.6. The number of rotatable bonds is 10. The van der Waals surface area contributed by atoms with E-state index in [9.17, 15) is 4.79 Å². The second-order valence-corrected chi connectivity index (χ2v) is 4.57. The van der Waals surface area contributed by atoms with Crippen LogP contribution < -0.4 is 5.46 Å². The second kappa shape index (κ2) is 9.76. The summed E-state index contributed by atoms with van der Waals surface area (Å²) in [5.41, 5.74) is 1.57. The first-order chi connectivity index (χ1) is 9.31. The first-order valence-electron chi connectivity index (χ1n) is 7.10. The lowest BCUT2D eigenvalue weighted by atomic mass is 9.78. The highest BCUT2D eigenvalue weighted by Crippen LogP contribution is 2.01. The van der Waals surface area contributed by atoms with Gasteiger partial charge in [-0.15, -0.1) is 0 Å². The maximum Gasteiger partial charge on any atom is 0.493 e. The van der Waals surface area contributed by atoms with Crippen molar-refractivity contribution < 1.29 is 14.1 Å². The van der Waals surface area contributed by atoms with Crippen molar-refractivity contribution in [3.63, 3.8) is 0 Å². The van der Waals surface area contributed by atoms with Crippen molar-refractivity contribution in [3.8, 4) is 0 Å². The minimum atomic E-state index is -0.363. The molecule has 1 aromatic carbocycles. The fraction of sp³-hybridized carbons (Fsp3) is 0.533. The van der Waals surface area contributed by atoms with E-state index in [2.05, 4.69) is 13.8 Å². The van der Waals surface area contributed by atoms with Crippen LogP contribution >= 0.6 is 0 Å². The molecule has 4 heteroatoms. The van der Waals surface area contributed by atoms with Gasteiger partial charge in [-0.05, 0) is 18.3 Å². The summed E-state index contributed by atoms with van der Waals surface area (Å²) in [4.78, 5) is 10.8. The summed E-state index contributed by atoms with van der Waals surface area (Å²) >= 11 is 0. The lowest BCUT2D eigenvalue weighted by Gasteiger charge is -2.15. The Morgan fingerprint density at radius 2 is 1.74 bits per heavy atom. The van der Waals surface area contributed by atoms with Crippen LogP contribution in [0, 0.1) is 0 Å². The van der Waals surface area contributed by atoms with Crippen LogP contribution in [0.3, 0.4) is 0 Å². The molecule has 0 N–H and O–H groups in total. The van der Waals surface area contributed by atoms with Crippen molar-refractivity contribution in [2.45, 2.75) is 39.5 Å². The summed E-state index contributed by atoms with van der Waals surface area (Å²) in [6.07, 6.45) is 5.06. The standard InChI is InChI=1S/C15H23BO3/c1-3-5-10-18-16(19-11-6-4-2)15-9-7-8-14(12-15)13-17/h7-9,12-13H,3-6,10-11H2,1-2H3. The highest BCUT2D eigenvalue weighted by atomic mass is 16.6. The maximum absolute atomic E-state index is 10.8. The molecule has 3 nitrogen and oxygen atoms in total. The molecule has 0 unspecified atom stereocenters. The van der Waals surface area contributed by atoms with E-state index in [1.807, 2.05) is 18.2 Å². The summed E-state index contributed by atoms with van der Waals surface area (Å²) in [6, 6.07) is 7.41. The molecule has 0 fully saturated rings. The van der Waals surface area contributed by atoms with Gasteiger partial charge in [0.15, 0.2) is 0 Å². The van der Waals surface area contributed by atoms with Gasteiger partial charge in [0.2, 0.25) is 0 Å². The van der Waals surface area contributed by atoms with Crippen LogP contribution in [0.5, 0.6) is 0 Å². The Balaban J connectivity index is 2.66. The van der Waals surface area contributed by atoms with Gasteiger partial charge in [-0.1, -0.05) is 51.0 Å².